The highest BCUT2D eigenvalue weighted by atomic mass is 79.9. The van der Waals surface area contributed by atoms with Gasteiger partial charge in [-0.3, -0.25) is 19.3 Å². The lowest BCUT2D eigenvalue weighted by atomic mass is 10.1. The molecule has 2 rings (SSSR count). The third-order valence-electron chi connectivity index (χ3n) is 3.36. The van der Waals surface area contributed by atoms with Gasteiger partial charge in [0.25, 0.3) is 11.7 Å². The number of hydrogen-bond donors (Lipinski definition) is 1. The summed E-state index contributed by atoms with van der Waals surface area (Å²) in [7, 11) is 0. The van der Waals surface area contributed by atoms with Crippen molar-refractivity contribution in [2.75, 3.05) is 11.4 Å². The SMILES string of the molecule is CCCC(C)NC(=O)CN1C(=O)C(=O)c2cc(Br)ccc21. The van der Waals surface area contributed by atoms with Crippen molar-refractivity contribution in [3.8, 4) is 0 Å². The number of ketones is 1. The number of halogens is 1. The quantitative estimate of drug-likeness (QED) is 0.826. The summed E-state index contributed by atoms with van der Waals surface area (Å²) in [6.45, 7) is 3.83. The van der Waals surface area contributed by atoms with Crippen LogP contribution < -0.4 is 10.2 Å². The number of carbonyl (C=O) groups is 3. The second kappa shape index (κ2) is 6.39. The highest BCUT2D eigenvalue weighted by Crippen LogP contribution is 2.31. The number of rotatable bonds is 5. The summed E-state index contributed by atoms with van der Waals surface area (Å²) >= 11 is 3.27. The van der Waals surface area contributed by atoms with Gasteiger partial charge in [0.05, 0.1) is 11.3 Å². The number of amides is 2. The molecular weight excluding hydrogens is 336 g/mol. The lowest BCUT2D eigenvalue weighted by Gasteiger charge is -2.18. The van der Waals surface area contributed by atoms with E-state index in [9.17, 15) is 14.4 Å². The maximum atomic E-state index is 12.0. The molecule has 6 heteroatoms. The van der Waals surface area contributed by atoms with Gasteiger partial charge in [-0.1, -0.05) is 29.3 Å². The Kier molecular flexibility index (Phi) is 4.77. The largest absolute Gasteiger partial charge is 0.352 e. The molecular formula is C15H17BrN2O3. The maximum absolute atomic E-state index is 12.0. The Morgan fingerprint density at radius 1 is 1.38 bits per heavy atom. The van der Waals surface area contributed by atoms with Gasteiger partial charge in [0.2, 0.25) is 5.91 Å². The summed E-state index contributed by atoms with van der Waals surface area (Å²) in [6.07, 6.45) is 1.85. The van der Waals surface area contributed by atoms with Crippen LogP contribution in [0.15, 0.2) is 22.7 Å². The van der Waals surface area contributed by atoms with Crippen molar-refractivity contribution >= 4 is 39.2 Å². The number of anilines is 1. The molecule has 112 valence electrons. The normalized spacial score (nSPS) is 15.1. The van der Waals surface area contributed by atoms with E-state index in [1.165, 1.54) is 4.90 Å². The van der Waals surface area contributed by atoms with Crippen LogP contribution in [0.2, 0.25) is 0 Å². The summed E-state index contributed by atoms with van der Waals surface area (Å²) in [6, 6.07) is 5.08. The Bertz CT molecular complexity index is 601. The molecule has 21 heavy (non-hydrogen) atoms. The van der Waals surface area contributed by atoms with Gasteiger partial charge in [0.15, 0.2) is 0 Å². The molecule has 1 unspecified atom stereocenters. The van der Waals surface area contributed by atoms with Crippen molar-refractivity contribution < 1.29 is 14.4 Å². The predicted octanol–water partition coefficient (Wildman–Crippen LogP) is 2.28. The minimum absolute atomic E-state index is 0.0558. The Hall–Kier alpha value is -1.69. The smallest absolute Gasteiger partial charge is 0.299 e. The number of nitrogens with zero attached hydrogens (tertiary/aromatic N) is 1. The van der Waals surface area contributed by atoms with Gasteiger partial charge in [0.1, 0.15) is 6.54 Å². The first-order chi connectivity index (χ1) is 9.93. The Labute approximate surface area is 131 Å². The number of fused-ring (bicyclic) bond motifs is 1. The van der Waals surface area contributed by atoms with E-state index in [2.05, 4.69) is 21.2 Å². The highest BCUT2D eigenvalue weighted by Gasteiger charge is 2.36. The minimum atomic E-state index is -0.651. The van der Waals surface area contributed by atoms with Crippen LogP contribution in [0.3, 0.4) is 0 Å². The van der Waals surface area contributed by atoms with Crippen molar-refractivity contribution in [3.05, 3.63) is 28.2 Å². The second-order valence-corrected chi connectivity index (χ2v) is 6.05. The minimum Gasteiger partial charge on any atom is -0.352 e. The average molecular weight is 353 g/mol. The van der Waals surface area contributed by atoms with E-state index < -0.39 is 11.7 Å². The van der Waals surface area contributed by atoms with Gasteiger partial charge in [-0.25, -0.2) is 0 Å². The van der Waals surface area contributed by atoms with Crippen molar-refractivity contribution in [2.45, 2.75) is 32.7 Å². The summed E-state index contributed by atoms with van der Waals surface area (Å²) in [4.78, 5) is 37.1. The van der Waals surface area contributed by atoms with E-state index in [-0.39, 0.29) is 18.5 Å². The molecule has 1 aliphatic rings. The maximum Gasteiger partial charge on any atom is 0.299 e. The first-order valence-corrected chi connectivity index (χ1v) is 7.68. The van der Waals surface area contributed by atoms with Crippen LogP contribution in [0.5, 0.6) is 0 Å². The van der Waals surface area contributed by atoms with Gasteiger partial charge in [-0.15, -0.1) is 0 Å². The fourth-order valence-electron chi connectivity index (χ4n) is 2.40. The third-order valence-corrected chi connectivity index (χ3v) is 3.86. The number of benzene rings is 1. The van der Waals surface area contributed by atoms with E-state index >= 15 is 0 Å². The Morgan fingerprint density at radius 2 is 2.10 bits per heavy atom. The van der Waals surface area contributed by atoms with E-state index in [4.69, 9.17) is 0 Å². The van der Waals surface area contributed by atoms with Crippen LogP contribution in [0.4, 0.5) is 5.69 Å². The molecule has 1 N–H and O–H groups in total. The molecule has 0 spiro atoms. The van der Waals surface area contributed by atoms with Crippen LogP contribution in [0.25, 0.3) is 0 Å². The van der Waals surface area contributed by atoms with Gasteiger partial charge in [0, 0.05) is 10.5 Å². The highest BCUT2D eigenvalue weighted by molar-refractivity contribution is 9.10. The van der Waals surface area contributed by atoms with E-state index in [0.717, 1.165) is 17.3 Å². The summed E-state index contributed by atoms with van der Waals surface area (Å²) in [5, 5.41) is 2.83. The van der Waals surface area contributed by atoms with E-state index in [1.54, 1.807) is 18.2 Å². The van der Waals surface area contributed by atoms with E-state index in [0.29, 0.717) is 11.3 Å². The molecule has 0 radical (unpaired) electrons. The first-order valence-electron chi connectivity index (χ1n) is 6.89. The Morgan fingerprint density at radius 3 is 2.76 bits per heavy atom. The molecule has 1 heterocycles. The molecule has 5 nitrogen and oxygen atoms in total. The van der Waals surface area contributed by atoms with E-state index in [1.807, 2.05) is 13.8 Å². The molecule has 1 aromatic rings. The average Bonchev–Trinajstić information content (AvgIpc) is 2.64. The molecule has 0 saturated heterocycles. The molecule has 1 aromatic carbocycles. The second-order valence-electron chi connectivity index (χ2n) is 5.14. The zero-order valence-electron chi connectivity index (χ0n) is 12.0. The fraction of sp³-hybridized carbons (Fsp3) is 0.400. The molecule has 1 aliphatic heterocycles. The summed E-state index contributed by atoms with van der Waals surface area (Å²) in [5.41, 5.74) is 0.829. The zero-order valence-corrected chi connectivity index (χ0v) is 13.6. The number of Topliss-reactive ketones (excluding diaryl/α,β-unsaturated/α-hetero) is 1. The standard InChI is InChI=1S/C15H17BrN2O3/c1-3-4-9(2)17-13(19)8-18-12-6-5-10(16)7-11(12)14(20)15(18)21/h5-7,9H,3-4,8H2,1-2H3,(H,17,19). The molecule has 0 aromatic heterocycles. The summed E-state index contributed by atoms with van der Waals surface area (Å²) in [5.74, 6) is -1.48. The first kappa shape index (κ1) is 15.7. The van der Waals surface area contributed by atoms with Gasteiger partial charge < -0.3 is 5.32 Å². The lowest BCUT2D eigenvalue weighted by Crippen LogP contribution is -2.43. The molecule has 2 amide bonds. The van der Waals surface area contributed by atoms with Crippen molar-refractivity contribution in [1.82, 2.24) is 5.32 Å². The number of hydrogen-bond acceptors (Lipinski definition) is 3. The van der Waals surface area contributed by atoms with Gasteiger partial charge in [-0.2, -0.15) is 0 Å². The number of carbonyl (C=O) groups excluding carboxylic acids is 3. The molecule has 0 fully saturated rings. The molecule has 0 bridgehead atoms. The molecule has 0 aliphatic carbocycles. The van der Waals surface area contributed by atoms with Crippen LogP contribution >= 0.6 is 15.9 Å². The van der Waals surface area contributed by atoms with Crippen molar-refractivity contribution in [1.29, 1.82) is 0 Å². The van der Waals surface area contributed by atoms with Gasteiger partial charge >= 0.3 is 0 Å². The monoisotopic (exact) mass is 352 g/mol. The van der Waals surface area contributed by atoms with Gasteiger partial charge in [-0.05, 0) is 31.5 Å². The third kappa shape index (κ3) is 3.32. The Balaban J connectivity index is 2.13. The number of nitrogens with one attached hydrogen (secondary N) is 1. The zero-order chi connectivity index (χ0) is 15.6. The molecule has 1 atom stereocenters. The van der Waals surface area contributed by atoms with Crippen molar-refractivity contribution in [3.63, 3.8) is 0 Å². The lowest BCUT2D eigenvalue weighted by molar-refractivity contribution is -0.122. The predicted molar refractivity (Wildman–Crippen MR) is 83.3 cm³/mol. The summed E-state index contributed by atoms with van der Waals surface area (Å²) < 4.78 is 0.727. The van der Waals surface area contributed by atoms with Crippen LogP contribution in [-0.4, -0.2) is 30.2 Å². The van der Waals surface area contributed by atoms with Crippen molar-refractivity contribution in [2.24, 2.45) is 0 Å². The fourth-order valence-corrected chi connectivity index (χ4v) is 2.76. The topological polar surface area (TPSA) is 66.5 Å². The molecule has 0 saturated carbocycles. The van der Waals surface area contributed by atoms with Crippen LogP contribution in [0.1, 0.15) is 37.0 Å². The van der Waals surface area contributed by atoms with Crippen LogP contribution in [-0.2, 0) is 9.59 Å². The van der Waals surface area contributed by atoms with Crippen LogP contribution in [0, 0.1) is 0 Å².